The number of amides is 1. The first-order chi connectivity index (χ1) is 13.5. The van der Waals surface area contributed by atoms with E-state index < -0.39 is 10.0 Å². The molecular weight excluding hydrogens is 382 g/mol. The number of benzene rings is 1. The zero-order valence-electron chi connectivity index (χ0n) is 14.7. The summed E-state index contributed by atoms with van der Waals surface area (Å²) in [4.78, 5) is 16.9. The van der Waals surface area contributed by atoms with Crippen molar-refractivity contribution < 1.29 is 17.9 Å². The Bertz CT molecular complexity index is 1140. The lowest BCUT2D eigenvalue weighted by molar-refractivity contribution is 0.0933. The van der Waals surface area contributed by atoms with Gasteiger partial charge in [0.15, 0.2) is 11.3 Å². The van der Waals surface area contributed by atoms with Gasteiger partial charge in [0.1, 0.15) is 17.3 Å². The molecule has 3 aromatic rings. The number of hydrogen-bond donors (Lipinski definition) is 1. The van der Waals surface area contributed by atoms with Crippen LogP contribution in [0.3, 0.4) is 0 Å². The van der Waals surface area contributed by atoms with Crippen LogP contribution in [-0.4, -0.2) is 58.5 Å². The number of fused-ring (bicyclic) bond motifs is 3. The Kier molecular flexibility index (Phi) is 3.84. The van der Waals surface area contributed by atoms with Crippen molar-refractivity contribution in [2.45, 2.75) is 23.4 Å². The van der Waals surface area contributed by atoms with E-state index in [-0.39, 0.29) is 41.7 Å². The summed E-state index contributed by atoms with van der Waals surface area (Å²) in [7, 11) is -3.68. The van der Waals surface area contributed by atoms with Crippen LogP contribution in [0.15, 0.2) is 53.7 Å². The summed E-state index contributed by atoms with van der Waals surface area (Å²) >= 11 is 0. The molecule has 4 heterocycles. The summed E-state index contributed by atoms with van der Waals surface area (Å²) in [5, 5.41) is 7.09. The Balaban J connectivity index is 1.36. The number of ether oxygens (including phenoxy) is 1. The van der Waals surface area contributed by atoms with E-state index in [4.69, 9.17) is 4.74 Å². The molecule has 1 fully saturated rings. The van der Waals surface area contributed by atoms with Gasteiger partial charge in [0.25, 0.3) is 5.91 Å². The first-order valence-electron chi connectivity index (χ1n) is 8.87. The second kappa shape index (κ2) is 6.28. The van der Waals surface area contributed by atoms with Gasteiger partial charge in [-0.05, 0) is 24.6 Å². The smallest absolute Gasteiger partial charge is 0.272 e. The molecule has 1 amide bonds. The monoisotopic (exact) mass is 399 g/mol. The second-order valence-corrected chi connectivity index (χ2v) is 8.70. The van der Waals surface area contributed by atoms with E-state index in [1.165, 1.54) is 8.82 Å². The largest absolute Gasteiger partial charge is 0.490 e. The maximum absolute atomic E-state index is 13.0. The highest BCUT2D eigenvalue weighted by molar-refractivity contribution is 7.89. The highest BCUT2D eigenvalue weighted by Gasteiger charge is 2.44. The van der Waals surface area contributed by atoms with E-state index >= 15 is 0 Å². The van der Waals surface area contributed by atoms with Crippen molar-refractivity contribution in [3.05, 3.63) is 54.5 Å². The van der Waals surface area contributed by atoms with Gasteiger partial charge in [0.2, 0.25) is 10.0 Å². The van der Waals surface area contributed by atoms with E-state index in [9.17, 15) is 13.2 Å². The van der Waals surface area contributed by atoms with Crippen LogP contribution in [0.25, 0.3) is 5.65 Å². The summed E-state index contributed by atoms with van der Waals surface area (Å²) in [6.07, 6.45) is 3.81. The molecule has 1 aromatic carbocycles. The van der Waals surface area contributed by atoms with Crippen LogP contribution in [0.4, 0.5) is 0 Å². The molecular formula is C18H17N5O4S. The molecule has 0 bridgehead atoms. The van der Waals surface area contributed by atoms with Crippen molar-refractivity contribution in [3.8, 4) is 5.75 Å². The standard InChI is InChI=1S/C18H17N5O4S/c24-18(14-9-17-19-6-3-7-22(17)21-14)20-12-8-13-11-27-15-4-1-2-5-16(15)28(25,26)23(13)10-12/h1-7,9,12-13H,8,10-11H2,(H,20,24)/t12-,13-/m0/s1. The third-order valence-electron chi connectivity index (χ3n) is 5.04. The van der Waals surface area contributed by atoms with Crippen LogP contribution in [0, 0.1) is 0 Å². The van der Waals surface area contributed by atoms with E-state index in [0.29, 0.717) is 17.8 Å². The van der Waals surface area contributed by atoms with Gasteiger partial charge in [0, 0.05) is 31.0 Å². The fraction of sp³-hybridized carbons (Fsp3) is 0.278. The third-order valence-corrected chi connectivity index (χ3v) is 6.99. The fourth-order valence-corrected chi connectivity index (χ4v) is 5.53. The van der Waals surface area contributed by atoms with Gasteiger partial charge in [-0.3, -0.25) is 4.79 Å². The molecule has 5 rings (SSSR count). The Morgan fingerprint density at radius 2 is 2.11 bits per heavy atom. The second-order valence-electron chi connectivity index (χ2n) is 6.84. The molecule has 0 unspecified atom stereocenters. The lowest BCUT2D eigenvalue weighted by Gasteiger charge is -2.19. The van der Waals surface area contributed by atoms with Gasteiger partial charge in [-0.15, -0.1) is 0 Å². The zero-order valence-corrected chi connectivity index (χ0v) is 15.5. The summed E-state index contributed by atoms with van der Waals surface area (Å²) in [5.41, 5.74) is 0.811. The molecule has 0 radical (unpaired) electrons. The highest BCUT2D eigenvalue weighted by atomic mass is 32.2. The quantitative estimate of drug-likeness (QED) is 0.679. The SMILES string of the molecule is O=C(N[C@H]1C[C@H]2COc3ccccc3S(=O)(=O)N2C1)c1cc2ncccn2n1. The van der Waals surface area contributed by atoms with Crippen molar-refractivity contribution in [1.29, 1.82) is 0 Å². The third kappa shape index (κ3) is 2.72. The Morgan fingerprint density at radius 3 is 2.96 bits per heavy atom. The minimum absolute atomic E-state index is 0.163. The number of carbonyl (C=O) groups excluding carboxylic acids is 1. The lowest BCUT2D eigenvalue weighted by Crippen LogP contribution is -2.39. The minimum atomic E-state index is -3.68. The molecule has 2 aliphatic heterocycles. The Labute approximate surface area is 161 Å². The maximum atomic E-state index is 13.0. The van der Waals surface area contributed by atoms with E-state index in [0.717, 1.165) is 0 Å². The number of rotatable bonds is 2. The summed E-state index contributed by atoms with van der Waals surface area (Å²) < 4.78 is 34.7. The number of nitrogens with one attached hydrogen (secondary N) is 1. The first-order valence-corrected chi connectivity index (χ1v) is 10.3. The van der Waals surface area contributed by atoms with Gasteiger partial charge >= 0.3 is 0 Å². The molecule has 0 spiro atoms. The van der Waals surface area contributed by atoms with E-state index in [1.54, 1.807) is 48.8 Å². The maximum Gasteiger partial charge on any atom is 0.272 e. The predicted molar refractivity (Wildman–Crippen MR) is 98.5 cm³/mol. The van der Waals surface area contributed by atoms with Crippen molar-refractivity contribution in [2.75, 3.05) is 13.2 Å². The number of nitrogens with zero attached hydrogens (tertiary/aromatic N) is 4. The summed E-state index contributed by atoms with van der Waals surface area (Å²) in [6, 6.07) is 9.30. The molecule has 2 atom stereocenters. The highest BCUT2D eigenvalue weighted by Crippen LogP contribution is 2.35. The van der Waals surface area contributed by atoms with Gasteiger partial charge < -0.3 is 10.1 Å². The lowest BCUT2D eigenvalue weighted by atomic mass is 10.2. The van der Waals surface area contributed by atoms with Crippen molar-refractivity contribution in [1.82, 2.24) is 24.2 Å². The zero-order chi connectivity index (χ0) is 19.3. The average Bonchev–Trinajstić information content (AvgIpc) is 3.28. The molecule has 9 nitrogen and oxygen atoms in total. The molecule has 2 aromatic heterocycles. The van der Waals surface area contributed by atoms with Crippen molar-refractivity contribution in [2.24, 2.45) is 0 Å². The van der Waals surface area contributed by atoms with Gasteiger partial charge in [-0.1, -0.05) is 12.1 Å². The molecule has 0 saturated carbocycles. The van der Waals surface area contributed by atoms with Crippen molar-refractivity contribution >= 4 is 21.6 Å². The predicted octanol–water partition coefficient (Wildman–Crippen LogP) is 0.683. The number of sulfonamides is 1. The van der Waals surface area contributed by atoms with Crippen LogP contribution in [0.1, 0.15) is 16.9 Å². The molecule has 2 aliphatic rings. The Hall–Kier alpha value is -2.98. The molecule has 0 aliphatic carbocycles. The van der Waals surface area contributed by atoms with Crippen molar-refractivity contribution in [3.63, 3.8) is 0 Å². The summed E-state index contributed by atoms with van der Waals surface area (Å²) in [5.74, 6) is 0.0153. The fourth-order valence-electron chi connectivity index (χ4n) is 3.73. The van der Waals surface area contributed by atoms with Crippen LogP contribution in [0.5, 0.6) is 5.75 Å². The van der Waals surface area contributed by atoms with Crippen LogP contribution in [0.2, 0.25) is 0 Å². The van der Waals surface area contributed by atoms with E-state index in [2.05, 4.69) is 15.4 Å². The van der Waals surface area contributed by atoms with Gasteiger partial charge in [-0.25, -0.2) is 17.9 Å². The van der Waals surface area contributed by atoms with Gasteiger partial charge in [0.05, 0.1) is 6.04 Å². The van der Waals surface area contributed by atoms with Crippen LogP contribution in [-0.2, 0) is 10.0 Å². The number of hydrogen-bond acceptors (Lipinski definition) is 6. The average molecular weight is 399 g/mol. The molecule has 10 heteroatoms. The Morgan fingerprint density at radius 1 is 1.25 bits per heavy atom. The van der Waals surface area contributed by atoms with Crippen LogP contribution < -0.4 is 10.1 Å². The first kappa shape index (κ1) is 17.1. The van der Waals surface area contributed by atoms with Crippen LogP contribution >= 0.6 is 0 Å². The minimum Gasteiger partial charge on any atom is -0.490 e. The topological polar surface area (TPSA) is 106 Å². The normalized spacial score (nSPS) is 23.4. The number of aromatic nitrogens is 3. The van der Waals surface area contributed by atoms with E-state index in [1.807, 2.05) is 0 Å². The molecule has 144 valence electrons. The molecule has 1 saturated heterocycles. The molecule has 1 N–H and O–H groups in total. The number of para-hydroxylation sites is 1. The molecule has 28 heavy (non-hydrogen) atoms. The number of carbonyl (C=O) groups is 1. The van der Waals surface area contributed by atoms with Gasteiger partial charge in [-0.2, -0.15) is 9.40 Å². The summed E-state index contributed by atoms with van der Waals surface area (Å²) in [6.45, 7) is 0.447.